The standard InChI is InChI=1S/C24H31N3O6S/c1-17(28)26-20-5-8-22(9-6-20)34(30,31)27-12-10-18(11-13-27)14-24(29)25-16-19-4-7-21(32-2)15-23(19)33-3/h4-9,15,18H,10-14,16H2,1-3H3,(H,25,29)(H,26,28). The van der Waals surface area contributed by atoms with E-state index < -0.39 is 10.0 Å². The number of carbonyl (C=O) groups excluding carboxylic acids is 2. The molecule has 0 aliphatic carbocycles. The zero-order valence-corrected chi connectivity index (χ0v) is 20.5. The second kappa shape index (κ2) is 11.3. The second-order valence-electron chi connectivity index (χ2n) is 8.21. The summed E-state index contributed by atoms with van der Waals surface area (Å²) >= 11 is 0. The number of nitrogens with one attached hydrogen (secondary N) is 2. The highest BCUT2D eigenvalue weighted by Gasteiger charge is 2.30. The fourth-order valence-corrected chi connectivity index (χ4v) is 5.41. The average Bonchev–Trinajstić information content (AvgIpc) is 2.83. The highest BCUT2D eigenvalue weighted by atomic mass is 32.2. The van der Waals surface area contributed by atoms with Gasteiger partial charge in [-0.05, 0) is 55.2 Å². The van der Waals surface area contributed by atoms with Gasteiger partial charge in [-0.25, -0.2) is 8.42 Å². The maximum absolute atomic E-state index is 13.0. The van der Waals surface area contributed by atoms with Crippen LogP contribution in [-0.2, 0) is 26.2 Å². The van der Waals surface area contributed by atoms with Crippen molar-refractivity contribution in [3.05, 3.63) is 48.0 Å². The van der Waals surface area contributed by atoms with E-state index in [9.17, 15) is 18.0 Å². The molecule has 1 aliphatic heterocycles. The molecule has 2 N–H and O–H groups in total. The van der Waals surface area contributed by atoms with Crippen molar-refractivity contribution in [1.82, 2.24) is 9.62 Å². The highest BCUT2D eigenvalue weighted by molar-refractivity contribution is 7.89. The lowest BCUT2D eigenvalue weighted by molar-refractivity contribution is -0.122. The average molecular weight is 490 g/mol. The number of methoxy groups -OCH3 is 2. The molecule has 0 aromatic heterocycles. The normalized spacial score (nSPS) is 14.9. The van der Waals surface area contributed by atoms with Crippen LogP contribution in [0.3, 0.4) is 0 Å². The molecular formula is C24H31N3O6S. The quantitative estimate of drug-likeness (QED) is 0.560. The molecule has 10 heteroatoms. The summed E-state index contributed by atoms with van der Waals surface area (Å²) in [5.74, 6) is 1.14. The number of ether oxygens (including phenoxy) is 2. The molecule has 1 saturated heterocycles. The number of hydrogen-bond acceptors (Lipinski definition) is 6. The molecule has 1 heterocycles. The van der Waals surface area contributed by atoms with Gasteiger partial charge >= 0.3 is 0 Å². The van der Waals surface area contributed by atoms with Crippen LogP contribution in [0.25, 0.3) is 0 Å². The third kappa shape index (κ3) is 6.48. The van der Waals surface area contributed by atoms with Crippen molar-refractivity contribution in [3.63, 3.8) is 0 Å². The van der Waals surface area contributed by atoms with Gasteiger partial charge in [0.2, 0.25) is 21.8 Å². The van der Waals surface area contributed by atoms with E-state index in [1.165, 1.54) is 23.4 Å². The Kier molecular flexibility index (Phi) is 8.51. The zero-order valence-electron chi connectivity index (χ0n) is 19.7. The SMILES string of the molecule is COc1ccc(CNC(=O)CC2CCN(S(=O)(=O)c3ccc(NC(C)=O)cc3)CC2)c(OC)c1. The van der Waals surface area contributed by atoms with Crippen molar-refractivity contribution < 1.29 is 27.5 Å². The summed E-state index contributed by atoms with van der Waals surface area (Å²) in [5, 5.41) is 5.54. The van der Waals surface area contributed by atoms with Gasteiger partial charge in [0.05, 0.1) is 19.1 Å². The molecule has 1 aliphatic rings. The van der Waals surface area contributed by atoms with E-state index in [0.29, 0.717) is 56.1 Å². The van der Waals surface area contributed by atoms with Crippen LogP contribution in [-0.4, -0.2) is 51.8 Å². The minimum absolute atomic E-state index is 0.0762. The van der Waals surface area contributed by atoms with Crippen molar-refractivity contribution in [2.24, 2.45) is 5.92 Å². The van der Waals surface area contributed by atoms with Gasteiger partial charge in [0.15, 0.2) is 0 Å². The number of rotatable bonds is 9. The molecule has 0 bridgehead atoms. The third-order valence-corrected chi connectivity index (χ3v) is 7.74. The van der Waals surface area contributed by atoms with E-state index in [1.807, 2.05) is 12.1 Å². The van der Waals surface area contributed by atoms with Gasteiger partial charge in [0.25, 0.3) is 0 Å². The molecule has 2 aromatic rings. The van der Waals surface area contributed by atoms with Gasteiger partial charge in [0.1, 0.15) is 11.5 Å². The van der Waals surface area contributed by atoms with Gasteiger partial charge in [-0.2, -0.15) is 4.31 Å². The number of nitrogens with zero attached hydrogens (tertiary/aromatic N) is 1. The number of piperidine rings is 1. The first-order chi connectivity index (χ1) is 16.2. The van der Waals surface area contributed by atoms with Gasteiger partial charge in [0, 0.05) is 50.3 Å². The monoisotopic (exact) mass is 489 g/mol. The third-order valence-electron chi connectivity index (χ3n) is 5.83. The minimum Gasteiger partial charge on any atom is -0.497 e. The van der Waals surface area contributed by atoms with Crippen LogP contribution < -0.4 is 20.1 Å². The second-order valence-corrected chi connectivity index (χ2v) is 10.1. The van der Waals surface area contributed by atoms with Crippen LogP contribution in [0.15, 0.2) is 47.4 Å². The smallest absolute Gasteiger partial charge is 0.243 e. The Morgan fingerprint density at radius 3 is 2.29 bits per heavy atom. The Morgan fingerprint density at radius 2 is 1.71 bits per heavy atom. The maximum Gasteiger partial charge on any atom is 0.243 e. The van der Waals surface area contributed by atoms with Gasteiger partial charge in [-0.15, -0.1) is 0 Å². The molecule has 0 atom stereocenters. The van der Waals surface area contributed by atoms with Gasteiger partial charge < -0.3 is 20.1 Å². The summed E-state index contributed by atoms with van der Waals surface area (Å²) in [5.41, 5.74) is 1.39. The Labute approximate surface area is 200 Å². The summed E-state index contributed by atoms with van der Waals surface area (Å²) in [6.07, 6.45) is 1.57. The van der Waals surface area contributed by atoms with Gasteiger partial charge in [-0.1, -0.05) is 0 Å². The van der Waals surface area contributed by atoms with Crippen LogP contribution >= 0.6 is 0 Å². The Balaban J connectivity index is 1.50. The van der Waals surface area contributed by atoms with Crippen LogP contribution in [0.1, 0.15) is 31.7 Å². The molecule has 0 spiro atoms. The summed E-state index contributed by atoms with van der Waals surface area (Å²) < 4.78 is 37.9. The van der Waals surface area contributed by atoms with E-state index in [1.54, 1.807) is 32.4 Å². The predicted octanol–water partition coefficient (Wildman–Crippen LogP) is 2.77. The van der Waals surface area contributed by atoms with Crippen LogP contribution in [0, 0.1) is 5.92 Å². The van der Waals surface area contributed by atoms with Crippen molar-refractivity contribution in [2.75, 3.05) is 32.6 Å². The Morgan fingerprint density at radius 1 is 1.03 bits per heavy atom. The summed E-state index contributed by atoms with van der Waals surface area (Å²) in [6.45, 7) is 2.46. The fourth-order valence-electron chi connectivity index (χ4n) is 3.94. The summed E-state index contributed by atoms with van der Waals surface area (Å²) in [7, 11) is -0.474. The van der Waals surface area contributed by atoms with Crippen LogP contribution in [0.2, 0.25) is 0 Å². The first-order valence-electron chi connectivity index (χ1n) is 11.1. The molecule has 2 aromatic carbocycles. The molecule has 0 unspecified atom stereocenters. The van der Waals surface area contributed by atoms with Crippen molar-refractivity contribution in [3.8, 4) is 11.5 Å². The topological polar surface area (TPSA) is 114 Å². The number of anilines is 1. The molecule has 184 valence electrons. The number of benzene rings is 2. The van der Waals surface area contributed by atoms with Crippen molar-refractivity contribution in [2.45, 2.75) is 37.6 Å². The molecular weight excluding hydrogens is 458 g/mol. The molecule has 34 heavy (non-hydrogen) atoms. The lowest BCUT2D eigenvalue weighted by Gasteiger charge is -2.31. The summed E-state index contributed by atoms with van der Waals surface area (Å²) in [4.78, 5) is 23.8. The number of sulfonamides is 1. The number of amides is 2. The molecule has 2 amide bonds. The van der Waals surface area contributed by atoms with E-state index in [2.05, 4.69) is 10.6 Å². The molecule has 3 rings (SSSR count). The highest BCUT2D eigenvalue weighted by Crippen LogP contribution is 2.27. The first kappa shape index (κ1) is 25.5. The van der Waals surface area contributed by atoms with Crippen LogP contribution in [0.5, 0.6) is 11.5 Å². The lowest BCUT2D eigenvalue weighted by Crippen LogP contribution is -2.39. The molecule has 9 nitrogen and oxygen atoms in total. The predicted molar refractivity (Wildman–Crippen MR) is 128 cm³/mol. The largest absolute Gasteiger partial charge is 0.497 e. The lowest BCUT2D eigenvalue weighted by atomic mass is 9.94. The fraction of sp³-hybridized carbons (Fsp3) is 0.417. The first-order valence-corrected chi connectivity index (χ1v) is 12.5. The molecule has 1 fully saturated rings. The molecule has 0 radical (unpaired) electrons. The van der Waals surface area contributed by atoms with Crippen molar-refractivity contribution in [1.29, 1.82) is 0 Å². The van der Waals surface area contributed by atoms with E-state index in [-0.39, 0.29) is 22.6 Å². The Bertz CT molecular complexity index is 1110. The van der Waals surface area contributed by atoms with Crippen molar-refractivity contribution >= 4 is 27.5 Å². The minimum atomic E-state index is -3.62. The van der Waals surface area contributed by atoms with Crippen LogP contribution in [0.4, 0.5) is 5.69 Å². The Hall–Kier alpha value is -3.11. The van der Waals surface area contributed by atoms with Gasteiger partial charge in [-0.3, -0.25) is 9.59 Å². The zero-order chi connectivity index (χ0) is 24.7. The number of hydrogen-bond donors (Lipinski definition) is 2. The maximum atomic E-state index is 13.0. The van der Waals surface area contributed by atoms with E-state index >= 15 is 0 Å². The van der Waals surface area contributed by atoms with E-state index in [0.717, 1.165) is 5.56 Å². The van der Waals surface area contributed by atoms with E-state index in [4.69, 9.17) is 9.47 Å². The molecule has 0 saturated carbocycles. The number of carbonyl (C=O) groups is 2. The summed E-state index contributed by atoms with van der Waals surface area (Å²) in [6, 6.07) is 11.6.